The molecule has 3 aliphatic rings. The number of anilines is 6. The van der Waals surface area contributed by atoms with Gasteiger partial charge in [0, 0.05) is 53.9 Å². The van der Waals surface area contributed by atoms with E-state index in [-0.39, 0.29) is 11.3 Å². The second kappa shape index (κ2) is 15.4. The highest BCUT2D eigenvalue weighted by molar-refractivity contribution is 7.26. The van der Waals surface area contributed by atoms with E-state index in [0.717, 1.165) is 23.5 Å². The Morgan fingerprint density at radius 2 is 1.13 bits per heavy atom. The molecule has 2 atom stereocenters. The van der Waals surface area contributed by atoms with Gasteiger partial charge in [-0.1, -0.05) is 176 Å². The molecule has 0 saturated carbocycles. The minimum Gasteiger partial charge on any atom is -0.310 e. The third kappa shape index (κ3) is 5.76. The number of nitrogens with zero attached hydrogens (tertiary/aromatic N) is 2. The summed E-state index contributed by atoms with van der Waals surface area (Å²) in [6, 6.07) is 83.6. The summed E-state index contributed by atoms with van der Waals surface area (Å²) in [6.07, 6.45) is 10.2. The highest BCUT2D eigenvalue weighted by Crippen LogP contribution is 2.59. The molecule has 1 aromatic heterocycles. The molecule has 2 heterocycles. The summed E-state index contributed by atoms with van der Waals surface area (Å²) >= 11 is 1.89. The predicted molar refractivity (Wildman–Crippen MR) is 289 cm³/mol. The van der Waals surface area contributed by atoms with E-state index in [1.54, 1.807) is 0 Å². The van der Waals surface area contributed by atoms with Crippen LogP contribution in [0.15, 0.2) is 249 Å². The normalized spacial score (nSPS) is 16.5. The average molecular weight is 885 g/mol. The van der Waals surface area contributed by atoms with Gasteiger partial charge in [-0.15, -0.1) is 11.3 Å². The standard InChI is InChI=1S/C65H44N2S/c1-5-20-45(21-6-1)65(46-22-7-2-8-23-46)57-33-15-13-29-51(57)55-41-50(36-37-58(55)65)66(47-24-9-3-10-25-47)49-28-17-19-43(39-49)44-35-38-61-56(40-44)64-54-32-18-31-53-52-30-14-16-34-59(52)67(48-26-11-4-12-27-48)60(63(53)54)42-62(64)68-61/h1-22,24-42,46H,23H2. The number of rotatable bonds is 7. The van der Waals surface area contributed by atoms with Crippen molar-refractivity contribution in [2.75, 3.05) is 9.80 Å². The van der Waals surface area contributed by atoms with Crippen LogP contribution in [-0.4, -0.2) is 0 Å². The van der Waals surface area contributed by atoms with Gasteiger partial charge in [0.05, 0.1) is 16.8 Å². The van der Waals surface area contributed by atoms with E-state index in [4.69, 9.17) is 0 Å². The lowest BCUT2D eigenvalue weighted by Gasteiger charge is -2.39. The van der Waals surface area contributed by atoms with E-state index in [9.17, 15) is 0 Å². The molecule has 14 rings (SSSR count). The Morgan fingerprint density at radius 1 is 0.441 bits per heavy atom. The molecule has 2 aliphatic carbocycles. The SMILES string of the molecule is C1=CCC(C2(c3ccccc3)c3ccccc3-c3cc(N(c4ccccc4)c4cccc(-c5ccc6sc7cc8c9c(cccc9c7c6c5)-c5ccccc5N8c5ccccc5)c4)ccc32)C=C1. The van der Waals surface area contributed by atoms with E-state index in [0.29, 0.717) is 0 Å². The van der Waals surface area contributed by atoms with Crippen LogP contribution < -0.4 is 9.80 Å². The predicted octanol–water partition coefficient (Wildman–Crippen LogP) is 18.2. The zero-order valence-electron chi connectivity index (χ0n) is 37.3. The summed E-state index contributed by atoms with van der Waals surface area (Å²) in [5.41, 5.74) is 18.3. The highest BCUT2D eigenvalue weighted by Gasteiger charge is 2.49. The molecule has 11 aromatic rings. The lowest BCUT2D eigenvalue weighted by atomic mass is 9.62. The minimum absolute atomic E-state index is 0.280. The van der Waals surface area contributed by atoms with Gasteiger partial charge in [0.25, 0.3) is 0 Å². The van der Waals surface area contributed by atoms with Crippen molar-refractivity contribution in [1.29, 1.82) is 0 Å². The second-order valence-corrected chi connectivity index (χ2v) is 19.4. The van der Waals surface area contributed by atoms with E-state index in [1.807, 2.05) is 11.3 Å². The average Bonchev–Trinajstić information content (AvgIpc) is 3.93. The molecule has 2 unspecified atom stereocenters. The van der Waals surface area contributed by atoms with Crippen molar-refractivity contribution < 1.29 is 0 Å². The Hall–Kier alpha value is -8.24. The Bertz CT molecular complexity index is 3850. The molecule has 0 N–H and O–H groups in total. The lowest BCUT2D eigenvalue weighted by molar-refractivity contribution is 0.457. The molecule has 0 radical (unpaired) electrons. The molecule has 10 aromatic carbocycles. The maximum Gasteiger partial charge on any atom is 0.0561 e. The van der Waals surface area contributed by atoms with E-state index < -0.39 is 0 Å². The fraction of sp³-hybridized carbons (Fsp3) is 0.0462. The van der Waals surface area contributed by atoms with Crippen molar-refractivity contribution in [3.05, 3.63) is 265 Å². The molecule has 0 fully saturated rings. The largest absolute Gasteiger partial charge is 0.310 e. The summed E-state index contributed by atoms with van der Waals surface area (Å²) in [5.74, 6) is 0.280. The smallest absolute Gasteiger partial charge is 0.0561 e. The van der Waals surface area contributed by atoms with Crippen LogP contribution in [0, 0.1) is 5.92 Å². The van der Waals surface area contributed by atoms with Crippen LogP contribution in [0.5, 0.6) is 0 Å². The number of benzene rings is 10. The first-order valence-electron chi connectivity index (χ1n) is 23.7. The van der Waals surface area contributed by atoms with Gasteiger partial charge in [-0.25, -0.2) is 0 Å². The second-order valence-electron chi connectivity index (χ2n) is 18.3. The van der Waals surface area contributed by atoms with Gasteiger partial charge in [-0.05, 0) is 135 Å². The van der Waals surface area contributed by atoms with E-state index in [2.05, 4.69) is 259 Å². The minimum atomic E-state index is -0.313. The third-order valence-electron chi connectivity index (χ3n) is 14.8. The van der Waals surface area contributed by atoms with Crippen LogP contribution in [0.25, 0.3) is 64.3 Å². The Balaban J connectivity index is 0.918. The summed E-state index contributed by atoms with van der Waals surface area (Å²) in [7, 11) is 0. The van der Waals surface area contributed by atoms with Crippen LogP contribution in [0.4, 0.5) is 34.1 Å². The van der Waals surface area contributed by atoms with Crippen LogP contribution in [-0.2, 0) is 5.41 Å². The monoisotopic (exact) mass is 884 g/mol. The van der Waals surface area contributed by atoms with Gasteiger partial charge in [0.2, 0.25) is 0 Å². The molecule has 0 amide bonds. The molecular formula is C65H44N2S. The van der Waals surface area contributed by atoms with Gasteiger partial charge >= 0.3 is 0 Å². The fourth-order valence-corrected chi connectivity index (χ4v) is 13.1. The zero-order valence-corrected chi connectivity index (χ0v) is 38.1. The molecule has 0 spiro atoms. The van der Waals surface area contributed by atoms with E-state index in [1.165, 1.54) is 98.1 Å². The van der Waals surface area contributed by atoms with Gasteiger partial charge in [0.1, 0.15) is 0 Å². The van der Waals surface area contributed by atoms with Crippen molar-refractivity contribution in [2.24, 2.45) is 5.92 Å². The van der Waals surface area contributed by atoms with Gasteiger partial charge in [0.15, 0.2) is 0 Å². The quantitative estimate of drug-likeness (QED) is 0.157. The first-order chi connectivity index (χ1) is 33.7. The molecule has 1 aliphatic heterocycles. The first-order valence-corrected chi connectivity index (χ1v) is 24.5. The van der Waals surface area contributed by atoms with Gasteiger partial charge < -0.3 is 9.80 Å². The molecule has 2 nitrogen and oxygen atoms in total. The van der Waals surface area contributed by atoms with Gasteiger partial charge in [-0.3, -0.25) is 0 Å². The maximum absolute atomic E-state index is 2.45. The Kier molecular flexibility index (Phi) is 8.84. The van der Waals surface area contributed by atoms with Crippen LogP contribution in [0.1, 0.15) is 23.1 Å². The molecule has 3 heteroatoms. The molecular weight excluding hydrogens is 841 g/mol. The summed E-state index contributed by atoms with van der Waals surface area (Å²) in [6.45, 7) is 0. The number of hydrogen-bond donors (Lipinski definition) is 0. The van der Waals surface area contributed by atoms with Gasteiger partial charge in [-0.2, -0.15) is 0 Å². The van der Waals surface area contributed by atoms with Crippen molar-refractivity contribution in [1.82, 2.24) is 0 Å². The lowest BCUT2D eigenvalue weighted by Crippen LogP contribution is -2.35. The van der Waals surface area contributed by atoms with Crippen molar-refractivity contribution >= 4 is 76.4 Å². The van der Waals surface area contributed by atoms with Crippen LogP contribution in [0.3, 0.4) is 0 Å². The molecule has 68 heavy (non-hydrogen) atoms. The number of hydrogen-bond acceptors (Lipinski definition) is 3. The molecule has 320 valence electrons. The van der Waals surface area contributed by atoms with Crippen LogP contribution >= 0.6 is 11.3 Å². The number of allylic oxidation sites excluding steroid dienone is 4. The third-order valence-corrected chi connectivity index (χ3v) is 15.9. The zero-order chi connectivity index (χ0) is 44.8. The first kappa shape index (κ1) is 39.0. The Labute approximate surface area is 400 Å². The highest BCUT2D eigenvalue weighted by atomic mass is 32.1. The summed E-state index contributed by atoms with van der Waals surface area (Å²) in [4.78, 5) is 4.89. The Morgan fingerprint density at radius 3 is 1.97 bits per heavy atom. The number of fused-ring (bicyclic) bond motifs is 9. The number of thiophene rings is 1. The molecule has 0 bridgehead atoms. The van der Waals surface area contributed by atoms with Crippen molar-refractivity contribution in [3.63, 3.8) is 0 Å². The summed E-state index contributed by atoms with van der Waals surface area (Å²) in [5, 5.41) is 5.22. The van der Waals surface area contributed by atoms with Crippen LogP contribution in [0.2, 0.25) is 0 Å². The van der Waals surface area contributed by atoms with E-state index >= 15 is 0 Å². The maximum atomic E-state index is 2.45. The fourth-order valence-electron chi connectivity index (χ4n) is 12.0. The summed E-state index contributed by atoms with van der Waals surface area (Å²) < 4.78 is 2.59. The van der Waals surface area contributed by atoms with Crippen molar-refractivity contribution in [2.45, 2.75) is 11.8 Å². The van der Waals surface area contributed by atoms with Crippen molar-refractivity contribution in [3.8, 4) is 33.4 Å². The number of para-hydroxylation sites is 3. The molecule has 0 saturated heterocycles. The topological polar surface area (TPSA) is 6.48 Å².